The molecule has 2 heterocycles. The van der Waals surface area contributed by atoms with E-state index in [2.05, 4.69) is 15.5 Å². The third-order valence-corrected chi connectivity index (χ3v) is 3.71. The molecule has 0 aliphatic heterocycles. The van der Waals surface area contributed by atoms with E-state index in [9.17, 15) is 4.79 Å². The second-order valence-corrected chi connectivity index (χ2v) is 4.96. The molecule has 3 rings (SSSR count). The highest BCUT2D eigenvalue weighted by Gasteiger charge is 2.30. The summed E-state index contributed by atoms with van der Waals surface area (Å²) >= 11 is 0. The second kappa shape index (κ2) is 4.97. The highest BCUT2D eigenvalue weighted by Crippen LogP contribution is 2.23. The summed E-state index contributed by atoms with van der Waals surface area (Å²) in [6, 6.07) is 5.69. The molecule has 19 heavy (non-hydrogen) atoms. The van der Waals surface area contributed by atoms with Crippen LogP contribution in [0.1, 0.15) is 25.1 Å². The maximum atomic E-state index is 12.0. The van der Waals surface area contributed by atoms with Gasteiger partial charge in [-0.25, -0.2) is 0 Å². The zero-order chi connectivity index (χ0) is 13.2. The monoisotopic (exact) mass is 259 g/mol. The topological polar surface area (TPSA) is 85.3 Å². The molecule has 2 aromatic heterocycles. The van der Waals surface area contributed by atoms with Crippen molar-refractivity contribution in [1.82, 2.24) is 19.9 Å². The number of nitrogens with zero attached hydrogens (tertiary/aromatic N) is 3. The molecular formula is C13H17N5O. The van der Waals surface area contributed by atoms with Crippen LogP contribution in [-0.4, -0.2) is 26.5 Å². The average Bonchev–Trinajstić information content (AvgIpc) is 3.02. The first kappa shape index (κ1) is 12.1. The fourth-order valence-corrected chi connectivity index (χ4v) is 2.62. The summed E-state index contributed by atoms with van der Waals surface area (Å²) in [6.07, 6.45) is 4.74. The molecule has 2 aromatic rings. The van der Waals surface area contributed by atoms with E-state index in [1.54, 1.807) is 0 Å². The number of rotatable bonds is 3. The Morgan fingerprint density at radius 2 is 2.32 bits per heavy atom. The van der Waals surface area contributed by atoms with Crippen molar-refractivity contribution in [3.8, 4) is 0 Å². The summed E-state index contributed by atoms with van der Waals surface area (Å²) in [5.74, 6) is 0.701. The van der Waals surface area contributed by atoms with Gasteiger partial charge < -0.3 is 11.1 Å². The molecule has 2 unspecified atom stereocenters. The summed E-state index contributed by atoms with van der Waals surface area (Å²) in [4.78, 5) is 12.0. The van der Waals surface area contributed by atoms with Crippen LogP contribution in [0, 0.1) is 5.92 Å². The minimum Gasteiger partial charge on any atom is -0.348 e. The Bertz CT molecular complexity index is 593. The highest BCUT2D eigenvalue weighted by molar-refractivity contribution is 5.79. The summed E-state index contributed by atoms with van der Waals surface area (Å²) < 4.78 is 1.87. The van der Waals surface area contributed by atoms with Crippen molar-refractivity contribution < 1.29 is 4.79 Å². The molecule has 0 radical (unpaired) electrons. The van der Waals surface area contributed by atoms with Gasteiger partial charge in [0.25, 0.3) is 0 Å². The highest BCUT2D eigenvalue weighted by atomic mass is 16.1. The maximum absolute atomic E-state index is 12.0. The average molecular weight is 259 g/mol. The van der Waals surface area contributed by atoms with Gasteiger partial charge in [-0.15, -0.1) is 10.2 Å². The number of amides is 1. The van der Waals surface area contributed by atoms with Crippen molar-refractivity contribution in [2.24, 2.45) is 11.7 Å². The molecule has 0 saturated heterocycles. The summed E-state index contributed by atoms with van der Waals surface area (Å²) in [5, 5.41) is 11.0. The van der Waals surface area contributed by atoms with E-state index in [-0.39, 0.29) is 17.9 Å². The predicted octanol–water partition coefficient (Wildman–Crippen LogP) is 0.473. The molecule has 0 bridgehead atoms. The standard InChI is InChI=1S/C13H17N5O/c14-10-5-3-4-9(10)13(19)15-8-12-17-16-11-6-1-2-7-18(11)12/h1-2,6-7,9-10H,3-5,8,14H2,(H,15,19). The van der Waals surface area contributed by atoms with Crippen molar-refractivity contribution in [2.75, 3.05) is 0 Å². The number of fused-ring (bicyclic) bond motifs is 1. The van der Waals surface area contributed by atoms with E-state index in [4.69, 9.17) is 5.73 Å². The van der Waals surface area contributed by atoms with Crippen LogP contribution >= 0.6 is 0 Å². The first-order valence-corrected chi connectivity index (χ1v) is 6.57. The first-order chi connectivity index (χ1) is 9.25. The molecule has 6 nitrogen and oxygen atoms in total. The fraction of sp³-hybridized carbons (Fsp3) is 0.462. The largest absolute Gasteiger partial charge is 0.348 e. The van der Waals surface area contributed by atoms with Crippen LogP contribution in [0.2, 0.25) is 0 Å². The van der Waals surface area contributed by atoms with Gasteiger partial charge in [0.15, 0.2) is 11.5 Å². The second-order valence-electron chi connectivity index (χ2n) is 4.96. The number of aromatic nitrogens is 3. The normalized spacial score (nSPS) is 22.8. The van der Waals surface area contributed by atoms with E-state index >= 15 is 0 Å². The molecule has 0 aromatic carbocycles. The van der Waals surface area contributed by atoms with Crippen LogP contribution < -0.4 is 11.1 Å². The summed E-state index contributed by atoms with van der Waals surface area (Å²) in [7, 11) is 0. The van der Waals surface area contributed by atoms with Crippen LogP contribution in [0.4, 0.5) is 0 Å². The fourth-order valence-electron chi connectivity index (χ4n) is 2.62. The SMILES string of the molecule is NC1CCCC1C(=O)NCc1nnc2ccccn12. The van der Waals surface area contributed by atoms with Crippen molar-refractivity contribution in [3.05, 3.63) is 30.2 Å². The van der Waals surface area contributed by atoms with Gasteiger partial charge in [-0.05, 0) is 25.0 Å². The lowest BCUT2D eigenvalue weighted by Gasteiger charge is -2.14. The molecule has 100 valence electrons. The first-order valence-electron chi connectivity index (χ1n) is 6.57. The number of nitrogens with two attached hydrogens (primary N) is 1. The lowest BCUT2D eigenvalue weighted by Crippen LogP contribution is -2.38. The Morgan fingerprint density at radius 3 is 3.11 bits per heavy atom. The quantitative estimate of drug-likeness (QED) is 0.839. The molecular weight excluding hydrogens is 242 g/mol. The number of carbonyl (C=O) groups is 1. The van der Waals surface area contributed by atoms with Crippen LogP contribution in [0.25, 0.3) is 5.65 Å². The van der Waals surface area contributed by atoms with Crippen molar-refractivity contribution in [3.63, 3.8) is 0 Å². The van der Waals surface area contributed by atoms with Gasteiger partial charge in [0, 0.05) is 12.2 Å². The molecule has 2 atom stereocenters. The minimum atomic E-state index is -0.0563. The summed E-state index contributed by atoms with van der Waals surface area (Å²) in [5.41, 5.74) is 6.71. The summed E-state index contributed by atoms with van der Waals surface area (Å²) in [6.45, 7) is 0.382. The lowest BCUT2D eigenvalue weighted by molar-refractivity contribution is -0.125. The van der Waals surface area contributed by atoms with Gasteiger partial charge in [0.2, 0.25) is 5.91 Å². The van der Waals surface area contributed by atoms with Crippen molar-refractivity contribution >= 4 is 11.6 Å². The zero-order valence-corrected chi connectivity index (χ0v) is 10.6. The smallest absolute Gasteiger partial charge is 0.225 e. The Morgan fingerprint density at radius 1 is 1.42 bits per heavy atom. The molecule has 1 saturated carbocycles. The van der Waals surface area contributed by atoms with E-state index in [1.807, 2.05) is 28.8 Å². The van der Waals surface area contributed by atoms with Gasteiger partial charge in [0.05, 0.1) is 12.5 Å². The van der Waals surface area contributed by atoms with Crippen LogP contribution in [0.3, 0.4) is 0 Å². The number of pyridine rings is 1. The predicted molar refractivity (Wildman–Crippen MR) is 70.2 cm³/mol. The molecule has 1 fully saturated rings. The Kier molecular flexibility index (Phi) is 3.16. The lowest BCUT2D eigenvalue weighted by atomic mass is 10.0. The molecule has 0 spiro atoms. The van der Waals surface area contributed by atoms with Gasteiger partial charge >= 0.3 is 0 Å². The molecule has 3 N–H and O–H groups in total. The molecule has 1 aliphatic carbocycles. The Labute approximate surface area is 111 Å². The number of hydrogen-bond acceptors (Lipinski definition) is 4. The van der Waals surface area contributed by atoms with Crippen LogP contribution in [-0.2, 0) is 11.3 Å². The molecule has 1 amide bonds. The number of hydrogen-bond donors (Lipinski definition) is 2. The van der Waals surface area contributed by atoms with Gasteiger partial charge in [-0.2, -0.15) is 0 Å². The van der Waals surface area contributed by atoms with Gasteiger partial charge in [-0.3, -0.25) is 9.20 Å². The molecule has 6 heteroatoms. The van der Waals surface area contributed by atoms with E-state index in [0.29, 0.717) is 6.54 Å². The third kappa shape index (κ3) is 2.31. The van der Waals surface area contributed by atoms with E-state index < -0.39 is 0 Å². The van der Waals surface area contributed by atoms with Gasteiger partial charge in [-0.1, -0.05) is 12.5 Å². The Balaban J connectivity index is 1.67. The third-order valence-electron chi connectivity index (χ3n) is 3.71. The minimum absolute atomic E-state index is 0.00450. The maximum Gasteiger partial charge on any atom is 0.225 e. The Hall–Kier alpha value is -1.95. The van der Waals surface area contributed by atoms with E-state index in [0.717, 1.165) is 30.7 Å². The van der Waals surface area contributed by atoms with Crippen LogP contribution in [0.5, 0.6) is 0 Å². The molecule has 1 aliphatic rings. The zero-order valence-electron chi connectivity index (χ0n) is 10.6. The van der Waals surface area contributed by atoms with E-state index in [1.165, 1.54) is 0 Å². The van der Waals surface area contributed by atoms with Gasteiger partial charge in [0.1, 0.15) is 0 Å². The van der Waals surface area contributed by atoms with Crippen molar-refractivity contribution in [2.45, 2.75) is 31.8 Å². The van der Waals surface area contributed by atoms with Crippen molar-refractivity contribution in [1.29, 1.82) is 0 Å². The van der Waals surface area contributed by atoms with Crippen LogP contribution in [0.15, 0.2) is 24.4 Å². The number of nitrogens with one attached hydrogen (secondary N) is 1. The number of carbonyl (C=O) groups excluding carboxylic acids is 1.